The van der Waals surface area contributed by atoms with Crippen LogP contribution in [0.2, 0.25) is 0 Å². The lowest BCUT2D eigenvalue weighted by molar-refractivity contribution is -0.144. The van der Waals surface area contributed by atoms with E-state index < -0.39 is 29.1 Å². The van der Waals surface area contributed by atoms with Crippen molar-refractivity contribution >= 4 is 11.8 Å². The predicted octanol–water partition coefficient (Wildman–Crippen LogP) is 1.16. The van der Waals surface area contributed by atoms with Crippen molar-refractivity contribution in [1.29, 1.82) is 0 Å². The Labute approximate surface area is 177 Å². The van der Waals surface area contributed by atoms with Gasteiger partial charge in [-0.3, -0.25) is 9.59 Å². The van der Waals surface area contributed by atoms with Gasteiger partial charge in [0.2, 0.25) is 11.8 Å². The fourth-order valence-corrected chi connectivity index (χ4v) is 4.03. The Balaban J connectivity index is 1.95. The molecule has 3 rings (SSSR count). The third-order valence-electron chi connectivity index (χ3n) is 5.82. The molecular formula is C21H32N6O3. The Morgan fingerprint density at radius 1 is 1.20 bits per heavy atom. The smallest absolute Gasteiger partial charge is 0.248 e. The Hall–Kier alpha value is -2.68. The summed E-state index contributed by atoms with van der Waals surface area (Å²) in [6, 6.07) is 2.54. The van der Waals surface area contributed by atoms with E-state index in [1.54, 1.807) is 10.9 Å². The molecule has 1 aliphatic heterocycles. The molecule has 2 aromatic rings. The molecule has 0 radical (unpaired) electrons. The number of carbonyl (C=O) groups is 2. The molecule has 3 heterocycles. The van der Waals surface area contributed by atoms with Crippen molar-refractivity contribution in [2.75, 3.05) is 13.6 Å². The minimum atomic E-state index is -0.726. The summed E-state index contributed by atoms with van der Waals surface area (Å²) in [5.74, 6) is -0.525. The molecular weight excluding hydrogens is 384 g/mol. The van der Waals surface area contributed by atoms with Crippen LogP contribution in [0.4, 0.5) is 0 Å². The molecule has 2 amide bonds. The van der Waals surface area contributed by atoms with E-state index in [0.29, 0.717) is 0 Å². The standard InChI is InChI=1S/C21H32N6O3/c1-20(2,3)17(19(30)26-12-14(28)11-15(26)18(29)22-6)27-13-16(23-24-27)21(4,5)25-9-7-8-10-25/h7-10,13-15,17,28H,11-12H2,1-6H3,(H,22,29)/t14-,15+,17-/m1/s1. The van der Waals surface area contributed by atoms with Gasteiger partial charge in [-0.2, -0.15) is 0 Å². The van der Waals surface area contributed by atoms with Crippen LogP contribution in [0.25, 0.3) is 0 Å². The van der Waals surface area contributed by atoms with Gasteiger partial charge in [0.1, 0.15) is 17.8 Å². The van der Waals surface area contributed by atoms with E-state index in [1.807, 2.05) is 63.7 Å². The van der Waals surface area contributed by atoms with Crippen molar-refractivity contribution in [2.24, 2.45) is 5.41 Å². The Morgan fingerprint density at radius 2 is 1.83 bits per heavy atom. The van der Waals surface area contributed by atoms with E-state index in [2.05, 4.69) is 15.6 Å². The summed E-state index contributed by atoms with van der Waals surface area (Å²) in [5.41, 5.74) is -0.202. The lowest BCUT2D eigenvalue weighted by Crippen LogP contribution is -2.49. The van der Waals surface area contributed by atoms with Gasteiger partial charge < -0.3 is 19.9 Å². The molecule has 0 bridgehead atoms. The van der Waals surface area contributed by atoms with Gasteiger partial charge in [-0.1, -0.05) is 26.0 Å². The first kappa shape index (κ1) is 22.0. The second-order valence-corrected chi connectivity index (χ2v) is 9.51. The first-order valence-corrected chi connectivity index (χ1v) is 10.2. The summed E-state index contributed by atoms with van der Waals surface area (Å²) in [4.78, 5) is 27.4. The van der Waals surface area contributed by atoms with Crippen LogP contribution < -0.4 is 5.32 Å². The highest BCUT2D eigenvalue weighted by Crippen LogP contribution is 2.35. The molecule has 2 aromatic heterocycles. The monoisotopic (exact) mass is 416 g/mol. The minimum Gasteiger partial charge on any atom is -0.391 e. The molecule has 0 spiro atoms. The van der Waals surface area contributed by atoms with Crippen molar-refractivity contribution in [3.63, 3.8) is 0 Å². The molecule has 2 N–H and O–H groups in total. The van der Waals surface area contributed by atoms with E-state index >= 15 is 0 Å². The van der Waals surface area contributed by atoms with Crippen molar-refractivity contribution in [2.45, 2.75) is 64.8 Å². The van der Waals surface area contributed by atoms with Crippen LogP contribution >= 0.6 is 0 Å². The highest BCUT2D eigenvalue weighted by molar-refractivity contribution is 5.90. The van der Waals surface area contributed by atoms with Crippen LogP contribution in [-0.2, 0) is 15.1 Å². The number of aliphatic hydroxyl groups excluding tert-OH is 1. The first-order chi connectivity index (χ1) is 14.0. The molecule has 9 nitrogen and oxygen atoms in total. The van der Waals surface area contributed by atoms with Gasteiger partial charge in [0.15, 0.2) is 0 Å². The summed E-state index contributed by atoms with van der Waals surface area (Å²) in [6.07, 6.45) is 5.23. The highest BCUT2D eigenvalue weighted by Gasteiger charge is 2.45. The van der Waals surface area contributed by atoms with Crippen LogP contribution in [0.3, 0.4) is 0 Å². The van der Waals surface area contributed by atoms with Crippen LogP contribution in [0.5, 0.6) is 0 Å². The molecule has 164 valence electrons. The van der Waals surface area contributed by atoms with Gasteiger partial charge >= 0.3 is 0 Å². The molecule has 0 aliphatic carbocycles. The number of likely N-dealkylation sites (N-methyl/N-ethyl adjacent to an activating group) is 1. The maximum absolute atomic E-state index is 13.6. The fraction of sp³-hybridized carbons (Fsp3) is 0.619. The van der Waals surface area contributed by atoms with Crippen LogP contribution in [0.1, 0.15) is 52.8 Å². The van der Waals surface area contributed by atoms with Gasteiger partial charge in [0.05, 0.1) is 17.8 Å². The quantitative estimate of drug-likeness (QED) is 0.761. The maximum Gasteiger partial charge on any atom is 0.248 e. The number of amides is 2. The summed E-state index contributed by atoms with van der Waals surface area (Å²) in [6.45, 7) is 10.1. The van der Waals surface area contributed by atoms with Crippen molar-refractivity contribution in [1.82, 2.24) is 29.8 Å². The number of aromatic nitrogens is 4. The topological polar surface area (TPSA) is 105 Å². The van der Waals surface area contributed by atoms with Crippen molar-refractivity contribution < 1.29 is 14.7 Å². The van der Waals surface area contributed by atoms with Gasteiger partial charge in [-0.05, 0) is 31.4 Å². The summed E-state index contributed by atoms with van der Waals surface area (Å²) in [7, 11) is 1.53. The number of aliphatic hydroxyl groups is 1. The second-order valence-electron chi connectivity index (χ2n) is 9.51. The lowest BCUT2D eigenvalue weighted by Gasteiger charge is -2.34. The molecule has 30 heavy (non-hydrogen) atoms. The van der Waals surface area contributed by atoms with E-state index in [1.165, 1.54) is 11.9 Å². The molecule has 0 unspecified atom stereocenters. The zero-order valence-corrected chi connectivity index (χ0v) is 18.5. The molecule has 0 saturated carbocycles. The summed E-state index contributed by atoms with van der Waals surface area (Å²) < 4.78 is 3.63. The molecule has 3 atom stereocenters. The van der Waals surface area contributed by atoms with Crippen LogP contribution in [0.15, 0.2) is 30.7 Å². The van der Waals surface area contributed by atoms with Gasteiger partial charge in [-0.15, -0.1) is 5.10 Å². The molecule has 9 heteroatoms. The summed E-state index contributed by atoms with van der Waals surface area (Å²) in [5, 5.41) is 21.4. The van der Waals surface area contributed by atoms with Crippen molar-refractivity contribution in [3.8, 4) is 0 Å². The minimum absolute atomic E-state index is 0.125. The number of β-amino-alcohol motifs (C(OH)–C–C–N with tert-alkyl or cyclic N) is 1. The molecule has 0 aromatic carbocycles. The first-order valence-electron chi connectivity index (χ1n) is 10.2. The van der Waals surface area contributed by atoms with Crippen molar-refractivity contribution in [3.05, 3.63) is 36.4 Å². The maximum atomic E-state index is 13.6. The van der Waals surface area contributed by atoms with E-state index in [-0.39, 0.29) is 24.8 Å². The third kappa shape index (κ3) is 3.98. The van der Waals surface area contributed by atoms with E-state index in [4.69, 9.17) is 0 Å². The second kappa shape index (κ2) is 7.86. The predicted molar refractivity (Wildman–Crippen MR) is 112 cm³/mol. The van der Waals surface area contributed by atoms with Crippen LogP contribution in [-0.4, -0.2) is 67.1 Å². The largest absolute Gasteiger partial charge is 0.391 e. The van der Waals surface area contributed by atoms with Crippen LogP contribution in [0, 0.1) is 5.41 Å². The molecule has 1 aliphatic rings. The number of hydrogen-bond acceptors (Lipinski definition) is 5. The Bertz CT molecular complexity index is 896. The third-order valence-corrected chi connectivity index (χ3v) is 5.82. The average Bonchev–Trinajstić information content (AvgIpc) is 3.40. The number of nitrogens with zero attached hydrogens (tertiary/aromatic N) is 5. The average molecular weight is 417 g/mol. The number of hydrogen-bond donors (Lipinski definition) is 2. The zero-order chi connectivity index (χ0) is 22.3. The number of nitrogens with one attached hydrogen (secondary N) is 1. The lowest BCUT2D eigenvalue weighted by atomic mass is 9.85. The SMILES string of the molecule is CNC(=O)[C@@H]1C[C@@H](O)CN1C(=O)[C@@H](n1cc(C(C)(C)n2cccc2)nn1)C(C)(C)C. The molecule has 1 saturated heterocycles. The number of carbonyl (C=O) groups excluding carboxylic acids is 2. The Morgan fingerprint density at radius 3 is 2.40 bits per heavy atom. The zero-order valence-electron chi connectivity index (χ0n) is 18.5. The highest BCUT2D eigenvalue weighted by atomic mass is 16.3. The normalized spacial score (nSPS) is 21.0. The van der Waals surface area contributed by atoms with Gasteiger partial charge in [0, 0.05) is 32.4 Å². The van der Waals surface area contributed by atoms with Gasteiger partial charge in [0.25, 0.3) is 0 Å². The number of likely N-dealkylation sites (tertiary alicyclic amines) is 1. The number of rotatable bonds is 5. The van der Waals surface area contributed by atoms with E-state index in [0.717, 1.165) is 5.69 Å². The molecule has 1 fully saturated rings. The van der Waals surface area contributed by atoms with E-state index in [9.17, 15) is 14.7 Å². The Kier molecular flexibility index (Phi) is 5.77. The fourth-order valence-electron chi connectivity index (χ4n) is 4.03. The van der Waals surface area contributed by atoms with Gasteiger partial charge in [-0.25, -0.2) is 4.68 Å². The summed E-state index contributed by atoms with van der Waals surface area (Å²) >= 11 is 0.